The van der Waals surface area contributed by atoms with E-state index in [1.54, 1.807) is 17.0 Å². The van der Waals surface area contributed by atoms with Crippen molar-refractivity contribution in [3.63, 3.8) is 0 Å². The van der Waals surface area contributed by atoms with Crippen LogP contribution in [-0.2, 0) is 21.2 Å². The molecular formula is C10H14N2O4S2. The molecule has 0 aliphatic carbocycles. The van der Waals surface area contributed by atoms with Crippen LogP contribution in [0.1, 0.15) is 12.8 Å². The maximum Gasteiger partial charge on any atom is 0.313 e. The molecule has 1 saturated heterocycles. The number of aromatic nitrogens is 2. The Morgan fingerprint density at radius 2 is 2.39 bits per heavy atom. The summed E-state index contributed by atoms with van der Waals surface area (Å²) in [5.41, 5.74) is 0. The highest BCUT2D eigenvalue weighted by molar-refractivity contribution is 7.99. The summed E-state index contributed by atoms with van der Waals surface area (Å²) >= 11 is 1.10. The third-order valence-corrected chi connectivity index (χ3v) is 6.11. The van der Waals surface area contributed by atoms with Gasteiger partial charge in [0.15, 0.2) is 15.0 Å². The Kier molecular flexibility index (Phi) is 3.96. The lowest BCUT2D eigenvalue weighted by atomic mass is 10.2. The Hall–Kier alpha value is -1.02. The fourth-order valence-corrected chi connectivity index (χ4v) is 4.49. The van der Waals surface area contributed by atoms with Crippen LogP contribution in [0.4, 0.5) is 0 Å². The number of nitrogens with zero attached hydrogens (tertiary/aromatic N) is 2. The smallest absolute Gasteiger partial charge is 0.313 e. The van der Waals surface area contributed by atoms with E-state index in [9.17, 15) is 13.2 Å². The van der Waals surface area contributed by atoms with Crippen molar-refractivity contribution in [2.75, 3.05) is 11.5 Å². The second kappa shape index (κ2) is 5.31. The molecule has 0 saturated carbocycles. The summed E-state index contributed by atoms with van der Waals surface area (Å²) in [5, 5.41) is 8.81. The standard InChI is InChI=1S/C10H14N2O4S2/c13-9(14)7-17-10-11-3-4-12(10)6-8-2-1-5-18(8,15)16/h3-4,8H,1-2,5-7H2,(H,13,14). The maximum atomic E-state index is 11.7. The molecule has 1 aromatic rings. The van der Waals surface area contributed by atoms with E-state index in [2.05, 4.69) is 4.98 Å². The fourth-order valence-electron chi connectivity index (χ4n) is 1.98. The van der Waals surface area contributed by atoms with E-state index in [4.69, 9.17) is 5.11 Å². The van der Waals surface area contributed by atoms with Gasteiger partial charge in [0.25, 0.3) is 0 Å². The zero-order chi connectivity index (χ0) is 13.2. The van der Waals surface area contributed by atoms with Crippen molar-refractivity contribution in [2.24, 2.45) is 0 Å². The molecule has 8 heteroatoms. The highest BCUT2D eigenvalue weighted by Crippen LogP contribution is 2.24. The maximum absolute atomic E-state index is 11.7. The number of imidazole rings is 1. The van der Waals surface area contributed by atoms with E-state index < -0.39 is 15.8 Å². The lowest BCUT2D eigenvalue weighted by Gasteiger charge is -2.12. The molecule has 0 bridgehead atoms. The first-order chi connectivity index (χ1) is 8.49. The van der Waals surface area contributed by atoms with Crippen molar-refractivity contribution in [1.82, 2.24) is 9.55 Å². The summed E-state index contributed by atoms with van der Waals surface area (Å²) < 4.78 is 25.2. The Bertz CT molecular complexity index is 538. The van der Waals surface area contributed by atoms with E-state index in [-0.39, 0.29) is 16.8 Å². The molecule has 6 nitrogen and oxygen atoms in total. The highest BCUT2D eigenvalue weighted by atomic mass is 32.2. The number of aliphatic carboxylic acids is 1. The lowest BCUT2D eigenvalue weighted by molar-refractivity contribution is -0.133. The van der Waals surface area contributed by atoms with Crippen molar-refractivity contribution in [3.05, 3.63) is 12.4 Å². The summed E-state index contributed by atoms with van der Waals surface area (Å²) in [6.45, 7) is 0.365. The van der Waals surface area contributed by atoms with Gasteiger partial charge in [-0.05, 0) is 12.8 Å². The summed E-state index contributed by atoms with van der Waals surface area (Å²) in [5.74, 6) is -0.735. The van der Waals surface area contributed by atoms with Gasteiger partial charge in [0.05, 0.1) is 16.8 Å². The molecular weight excluding hydrogens is 276 g/mol. The van der Waals surface area contributed by atoms with E-state index in [0.29, 0.717) is 24.5 Å². The molecule has 1 atom stereocenters. The van der Waals surface area contributed by atoms with Gasteiger partial charge in [-0.1, -0.05) is 11.8 Å². The molecule has 1 aliphatic rings. The second-order valence-corrected chi connectivity index (χ2v) is 7.52. The molecule has 2 heterocycles. The Balaban J connectivity index is 2.06. The van der Waals surface area contributed by atoms with Crippen LogP contribution in [0.2, 0.25) is 0 Å². The molecule has 0 spiro atoms. The zero-order valence-corrected chi connectivity index (χ0v) is 11.3. The molecule has 1 unspecified atom stereocenters. The average molecular weight is 290 g/mol. The largest absolute Gasteiger partial charge is 0.481 e. The van der Waals surface area contributed by atoms with Gasteiger partial charge >= 0.3 is 5.97 Å². The number of hydrogen-bond donors (Lipinski definition) is 1. The second-order valence-electron chi connectivity index (χ2n) is 4.18. The molecule has 2 rings (SSSR count). The minimum Gasteiger partial charge on any atom is -0.481 e. The van der Waals surface area contributed by atoms with Gasteiger partial charge in [-0.25, -0.2) is 13.4 Å². The summed E-state index contributed by atoms with van der Waals surface area (Å²) in [6, 6.07) is 0. The SMILES string of the molecule is O=C(O)CSc1nccn1CC1CCCS1(=O)=O. The van der Waals surface area contributed by atoms with Crippen LogP contribution < -0.4 is 0 Å². The fraction of sp³-hybridized carbons (Fsp3) is 0.600. The molecule has 1 aliphatic heterocycles. The van der Waals surface area contributed by atoms with Gasteiger partial charge in [0.2, 0.25) is 0 Å². The molecule has 100 valence electrons. The third kappa shape index (κ3) is 3.05. The summed E-state index contributed by atoms with van der Waals surface area (Å²) in [6.07, 6.45) is 4.63. The van der Waals surface area contributed by atoms with Crippen LogP contribution in [0, 0.1) is 0 Å². The number of thioether (sulfide) groups is 1. The topological polar surface area (TPSA) is 89.3 Å². The van der Waals surface area contributed by atoms with E-state index in [1.165, 1.54) is 0 Å². The van der Waals surface area contributed by atoms with Gasteiger partial charge in [-0.2, -0.15) is 0 Å². The molecule has 1 aromatic heterocycles. The number of carboxylic acids is 1. The molecule has 0 radical (unpaired) electrons. The van der Waals surface area contributed by atoms with Crippen LogP contribution >= 0.6 is 11.8 Å². The number of sulfone groups is 1. The predicted molar refractivity (Wildman–Crippen MR) is 67.4 cm³/mol. The first-order valence-electron chi connectivity index (χ1n) is 5.56. The molecule has 0 aromatic carbocycles. The van der Waals surface area contributed by atoms with Crippen LogP contribution in [0.5, 0.6) is 0 Å². The van der Waals surface area contributed by atoms with Gasteiger partial charge in [-0.3, -0.25) is 4.79 Å². The Morgan fingerprint density at radius 1 is 1.61 bits per heavy atom. The van der Waals surface area contributed by atoms with Gasteiger partial charge in [0, 0.05) is 18.9 Å². The molecule has 18 heavy (non-hydrogen) atoms. The minimum atomic E-state index is -2.99. The summed E-state index contributed by atoms with van der Waals surface area (Å²) in [4.78, 5) is 14.5. The van der Waals surface area contributed by atoms with E-state index >= 15 is 0 Å². The summed E-state index contributed by atoms with van der Waals surface area (Å²) in [7, 11) is -2.99. The van der Waals surface area contributed by atoms with E-state index in [0.717, 1.165) is 11.8 Å². The Labute approximate surface area is 109 Å². The van der Waals surface area contributed by atoms with Crippen LogP contribution in [0.15, 0.2) is 17.6 Å². The minimum absolute atomic E-state index is 0.0750. The monoisotopic (exact) mass is 290 g/mol. The van der Waals surface area contributed by atoms with Gasteiger partial charge in [-0.15, -0.1) is 0 Å². The number of rotatable bonds is 5. The van der Waals surface area contributed by atoms with Crippen molar-refractivity contribution in [1.29, 1.82) is 0 Å². The lowest BCUT2D eigenvalue weighted by Crippen LogP contribution is -2.22. The van der Waals surface area contributed by atoms with Gasteiger partial charge in [0.1, 0.15) is 0 Å². The van der Waals surface area contributed by atoms with Crippen molar-refractivity contribution >= 4 is 27.6 Å². The van der Waals surface area contributed by atoms with Crippen molar-refractivity contribution in [3.8, 4) is 0 Å². The van der Waals surface area contributed by atoms with E-state index in [1.807, 2.05) is 0 Å². The molecule has 1 fully saturated rings. The third-order valence-electron chi connectivity index (χ3n) is 2.87. The molecule has 1 N–H and O–H groups in total. The zero-order valence-electron chi connectivity index (χ0n) is 9.65. The predicted octanol–water partition coefficient (Wildman–Crippen LogP) is 0.637. The highest BCUT2D eigenvalue weighted by Gasteiger charge is 2.31. The number of carboxylic acid groups (broad SMARTS) is 1. The van der Waals surface area contributed by atoms with Gasteiger partial charge < -0.3 is 9.67 Å². The molecule has 0 amide bonds. The number of hydrogen-bond acceptors (Lipinski definition) is 5. The number of carbonyl (C=O) groups is 1. The van der Waals surface area contributed by atoms with Crippen LogP contribution in [0.25, 0.3) is 0 Å². The van der Waals surface area contributed by atoms with Crippen molar-refractivity contribution < 1.29 is 18.3 Å². The normalized spacial score (nSPS) is 22.1. The van der Waals surface area contributed by atoms with Crippen molar-refractivity contribution in [2.45, 2.75) is 29.8 Å². The van der Waals surface area contributed by atoms with Crippen LogP contribution in [0.3, 0.4) is 0 Å². The van der Waals surface area contributed by atoms with Crippen LogP contribution in [-0.4, -0.2) is 45.8 Å². The average Bonchev–Trinajstić information content (AvgIpc) is 2.84. The quantitative estimate of drug-likeness (QED) is 0.800. The first kappa shape index (κ1) is 13.4. The first-order valence-corrected chi connectivity index (χ1v) is 8.26. The Morgan fingerprint density at radius 3 is 3.00 bits per heavy atom.